The van der Waals surface area contributed by atoms with Crippen molar-refractivity contribution in [3.63, 3.8) is 0 Å². The topological polar surface area (TPSA) is 70.4 Å². The van der Waals surface area contributed by atoms with Crippen molar-refractivity contribution >= 4 is 5.91 Å². The summed E-state index contributed by atoms with van der Waals surface area (Å²) in [5.74, 6) is 0.399. The van der Waals surface area contributed by atoms with Crippen LogP contribution < -0.4 is 5.32 Å². The Hall–Kier alpha value is -1.40. The minimum atomic E-state index is -0.412. The molecule has 21 heavy (non-hydrogen) atoms. The van der Waals surface area contributed by atoms with E-state index in [-0.39, 0.29) is 11.9 Å². The molecule has 6 heteroatoms. The molecule has 1 saturated heterocycles. The monoisotopic (exact) mass is 292 g/mol. The maximum atomic E-state index is 12.4. The van der Waals surface area contributed by atoms with E-state index in [9.17, 15) is 9.90 Å². The SMILES string of the molecule is CC(C)n1cnc(C(=O)N2CCC(NC(O)C3CC3)C2)c1. The van der Waals surface area contributed by atoms with Crippen molar-refractivity contribution in [2.75, 3.05) is 13.1 Å². The summed E-state index contributed by atoms with van der Waals surface area (Å²) in [4.78, 5) is 18.5. The predicted molar refractivity (Wildman–Crippen MR) is 78.8 cm³/mol. The molecule has 0 bridgehead atoms. The quantitative estimate of drug-likeness (QED) is 0.794. The normalized spacial score (nSPS) is 23.8. The zero-order valence-corrected chi connectivity index (χ0v) is 12.7. The number of amides is 1. The van der Waals surface area contributed by atoms with Gasteiger partial charge >= 0.3 is 0 Å². The highest BCUT2D eigenvalue weighted by molar-refractivity contribution is 5.92. The van der Waals surface area contributed by atoms with Crippen LogP contribution in [0.3, 0.4) is 0 Å². The Morgan fingerprint density at radius 2 is 2.19 bits per heavy atom. The summed E-state index contributed by atoms with van der Waals surface area (Å²) in [6, 6.07) is 0.498. The fourth-order valence-corrected chi connectivity index (χ4v) is 2.76. The molecule has 1 saturated carbocycles. The van der Waals surface area contributed by atoms with E-state index in [4.69, 9.17) is 0 Å². The number of nitrogens with one attached hydrogen (secondary N) is 1. The Bertz CT molecular complexity index is 510. The van der Waals surface area contributed by atoms with E-state index in [1.807, 2.05) is 15.7 Å². The third-order valence-electron chi connectivity index (χ3n) is 4.37. The van der Waals surface area contributed by atoms with Crippen LogP contribution in [0.5, 0.6) is 0 Å². The predicted octanol–water partition coefficient (Wildman–Crippen LogP) is 0.996. The molecule has 2 fully saturated rings. The average Bonchev–Trinajstić information content (AvgIpc) is 3.01. The molecule has 1 aliphatic heterocycles. The van der Waals surface area contributed by atoms with Crippen LogP contribution in [0, 0.1) is 5.92 Å². The van der Waals surface area contributed by atoms with Crippen LogP contribution in [0.4, 0.5) is 0 Å². The molecular formula is C15H24N4O2. The summed E-state index contributed by atoms with van der Waals surface area (Å²) in [6.45, 7) is 5.50. The summed E-state index contributed by atoms with van der Waals surface area (Å²) >= 11 is 0. The molecule has 2 atom stereocenters. The number of hydrogen-bond acceptors (Lipinski definition) is 4. The smallest absolute Gasteiger partial charge is 0.274 e. The van der Waals surface area contributed by atoms with Gasteiger partial charge in [-0.1, -0.05) is 0 Å². The Morgan fingerprint density at radius 1 is 1.43 bits per heavy atom. The summed E-state index contributed by atoms with van der Waals surface area (Å²) in [5.41, 5.74) is 0.507. The number of nitrogens with zero attached hydrogens (tertiary/aromatic N) is 3. The van der Waals surface area contributed by atoms with Crippen LogP contribution in [0.25, 0.3) is 0 Å². The van der Waals surface area contributed by atoms with E-state index in [0.29, 0.717) is 24.2 Å². The van der Waals surface area contributed by atoms with Crippen LogP contribution in [0.1, 0.15) is 49.6 Å². The van der Waals surface area contributed by atoms with Gasteiger partial charge in [-0.2, -0.15) is 0 Å². The van der Waals surface area contributed by atoms with Gasteiger partial charge in [0.05, 0.1) is 6.33 Å². The Labute approximate surface area is 125 Å². The van der Waals surface area contributed by atoms with E-state index in [2.05, 4.69) is 24.1 Å². The summed E-state index contributed by atoms with van der Waals surface area (Å²) < 4.78 is 1.94. The molecule has 0 aromatic carbocycles. The zero-order chi connectivity index (χ0) is 15.0. The first-order valence-corrected chi connectivity index (χ1v) is 7.81. The second-order valence-corrected chi connectivity index (χ2v) is 6.49. The minimum Gasteiger partial charge on any atom is -0.378 e. The fourth-order valence-electron chi connectivity index (χ4n) is 2.76. The summed E-state index contributed by atoms with van der Waals surface area (Å²) in [5, 5.41) is 13.2. The second kappa shape index (κ2) is 5.77. The second-order valence-electron chi connectivity index (χ2n) is 6.49. The highest BCUT2D eigenvalue weighted by Gasteiger charge is 2.34. The number of aliphatic hydroxyl groups excluding tert-OH is 1. The molecule has 2 heterocycles. The zero-order valence-electron chi connectivity index (χ0n) is 12.7. The third kappa shape index (κ3) is 3.27. The number of aliphatic hydroxyl groups is 1. The first kappa shape index (κ1) is 14.5. The van der Waals surface area contributed by atoms with Crippen molar-refractivity contribution in [1.82, 2.24) is 19.8 Å². The van der Waals surface area contributed by atoms with Gasteiger partial charge in [-0.3, -0.25) is 10.1 Å². The van der Waals surface area contributed by atoms with E-state index < -0.39 is 6.23 Å². The van der Waals surface area contributed by atoms with Crippen molar-refractivity contribution in [2.24, 2.45) is 5.92 Å². The highest BCUT2D eigenvalue weighted by atomic mass is 16.3. The van der Waals surface area contributed by atoms with E-state index >= 15 is 0 Å². The van der Waals surface area contributed by atoms with Crippen molar-refractivity contribution in [3.05, 3.63) is 18.2 Å². The summed E-state index contributed by atoms with van der Waals surface area (Å²) in [7, 11) is 0. The molecule has 1 aromatic rings. The van der Waals surface area contributed by atoms with Gasteiger partial charge in [-0.25, -0.2) is 4.98 Å². The van der Waals surface area contributed by atoms with E-state index in [0.717, 1.165) is 25.8 Å². The van der Waals surface area contributed by atoms with Gasteiger partial charge in [0.15, 0.2) is 0 Å². The molecule has 0 radical (unpaired) electrons. The van der Waals surface area contributed by atoms with Crippen LogP contribution in [-0.2, 0) is 0 Å². The molecule has 116 valence electrons. The molecule has 0 spiro atoms. The number of aromatic nitrogens is 2. The molecule has 3 rings (SSSR count). The van der Waals surface area contributed by atoms with E-state index in [1.165, 1.54) is 0 Å². The lowest BCUT2D eigenvalue weighted by Gasteiger charge is -2.19. The lowest BCUT2D eigenvalue weighted by molar-refractivity contribution is 0.0762. The Balaban J connectivity index is 1.55. The van der Waals surface area contributed by atoms with Crippen molar-refractivity contribution in [3.8, 4) is 0 Å². The first-order chi connectivity index (χ1) is 10.0. The van der Waals surface area contributed by atoms with Crippen molar-refractivity contribution < 1.29 is 9.90 Å². The number of rotatable bonds is 5. The van der Waals surface area contributed by atoms with Gasteiger partial charge in [0.25, 0.3) is 5.91 Å². The van der Waals surface area contributed by atoms with E-state index in [1.54, 1.807) is 6.33 Å². The first-order valence-electron chi connectivity index (χ1n) is 7.81. The maximum absolute atomic E-state index is 12.4. The van der Waals surface area contributed by atoms with Crippen LogP contribution in [0.15, 0.2) is 12.5 Å². The van der Waals surface area contributed by atoms with Crippen LogP contribution in [-0.4, -0.2) is 50.8 Å². The molecule has 1 aliphatic carbocycles. The number of likely N-dealkylation sites (tertiary alicyclic amines) is 1. The molecule has 6 nitrogen and oxygen atoms in total. The van der Waals surface area contributed by atoms with Gasteiger partial charge < -0.3 is 14.6 Å². The number of imidazole rings is 1. The summed E-state index contributed by atoms with van der Waals surface area (Å²) in [6.07, 6.45) is 6.21. The highest BCUT2D eigenvalue weighted by Crippen LogP contribution is 2.32. The number of hydrogen-bond donors (Lipinski definition) is 2. The standard InChI is InChI=1S/C15H24N4O2/c1-10(2)19-8-13(16-9-19)15(21)18-6-5-12(7-18)17-14(20)11-3-4-11/h8-12,14,17,20H,3-7H2,1-2H3. The molecule has 1 aromatic heterocycles. The molecule has 2 aliphatic rings. The van der Waals surface area contributed by atoms with Gasteiger partial charge in [0, 0.05) is 31.4 Å². The lowest BCUT2D eigenvalue weighted by Crippen LogP contribution is -2.42. The Kier molecular flexibility index (Phi) is 3.99. The van der Waals surface area contributed by atoms with Gasteiger partial charge in [-0.15, -0.1) is 0 Å². The fraction of sp³-hybridized carbons (Fsp3) is 0.733. The number of carbonyl (C=O) groups is 1. The van der Waals surface area contributed by atoms with Crippen LogP contribution >= 0.6 is 0 Å². The lowest BCUT2D eigenvalue weighted by atomic mass is 10.2. The van der Waals surface area contributed by atoms with Gasteiger partial charge in [0.1, 0.15) is 11.9 Å². The molecule has 2 N–H and O–H groups in total. The van der Waals surface area contributed by atoms with Gasteiger partial charge in [0.2, 0.25) is 0 Å². The largest absolute Gasteiger partial charge is 0.378 e. The number of carbonyl (C=O) groups excluding carboxylic acids is 1. The van der Waals surface area contributed by atoms with Crippen LogP contribution in [0.2, 0.25) is 0 Å². The molecule has 1 amide bonds. The Morgan fingerprint density at radius 3 is 2.81 bits per heavy atom. The third-order valence-corrected chi connectivity index (χ3v) is 4.37. The molecule has 2 unspecified atom stereocenters. The minimum absolute atomic E-state index is 0.0142. The molecular weight excluding hydrogens is 268 g/mol. The maximum Gasteiger partial charge on any atom is 0.274 e. The van der Waals surface area contributed by atoms with Crippen molar-refractivity contribution in [2.45, 2.75) is 51.4 Å². The average molecular weight is 292 g/mol. The van der Waals surface area contributed by atoms with Gasteiger partial charge in [-0.05, 0) is 39.0 Å². The van der Waals surface area contributed by atoms with Crippen molar-refractivity contribution in [1.29, 1.82) is 0 Å².